The summed E-state index contributed by atoms with van der Waals surface area (Å²) in [5.41, 5.74) is 1.39. The average Bonchev–Trinajstić information content (AvgIpc) is 3.51. The van der Waals surface area contributed by atoms with Crippen molar-refractivity contribution in [1.29, 1.82) is 0 Å². The number of carboxylic acid groups (broad SMARTS) is 1. The Balaban J connectivity index is 1.60. The molecule has 3 nitrogen and oxygen atoms in total. The van der Waals surface area contributed by atoms with Crippen LogP contribution in [0.5, 0.6) is 0 Å². The van der Waals surface area contributed by atoms with Crippen molar-refractivity contribution in [2.24, 2.45) is 11.8 Å². The summed E-state index contributed by atoms with van der Waals surface area (Å²) in [6.45, 7) is 1.27. The number of anilines is 1. The maximum atomic E-state index is 13.7. The van der Waals surface area contributed by atoms with Gasteiger partial charge in [-0.1, -0.05) is 42.8 Å². The van der Waals surface area contributed by atoms with E-state index in [1.807, 2.05) is 36.4 Å². The molecule has 0 aliphatic heterocycles. The summed E-state index contributed by atoms with van der Waals surface area (Å²) in [5.74, 6) is -2.99. The highest BCUT2D eigenvalue weighted by molar-refractivity contribution is 7.19. The molecular formula is C25H25ClF3NO2S. The molecule has 0 saturated heterocycles. The smallest absolute Gasteiger partial charge is 0.392 e. The molecule has 1 saturated carbocycles. The lowest BCUT2D eigenvalue weighted by Crippen LogP contribution is -2.30. The number of fused-ring (bicyclic) bond motifs is 1. The van der Waals surface area contributed by atoms with E-state index in [1.165, 1.54) is 18.3 Å². The van der Waals surface area contributed by atoms with Gasteiger partial charge in [-0.3, -0.25) is 4.79 Å². The summed E-state index contributed by atoms with van der Waals surface area (Å²) in [5, 5.41) is 13.8. The number of aliphatic carboxylic acids is 1. The van der Waals surface area contributed by atoms with Gasteiger partial charge in [0.25, 0.3) is 0 Å². The number of hydrogen-bond acceptors (Lipinski definition) is 3. The summed E-state index contributed by atoms with van der Waals surface area (Å²) in [4.78, 5) is 12.0. The van der Waals surface area contributed by atoms with Gasteiger partial charge in [-0.2, -0.15) is 13.2 Å². The molecule has 2 aromatic carbocycles. The second-order valence-electron chi connectivity index (χ2n) is 8.79. The zero-order valence-electron chi connectivity index (χ0n) is 18.0. The number of carbonyl (C=O) groups is 1. The Bertz CT molecular complexity index is 1110. The molecular weight excluding hydrogens is 471 g/mol. The summed E-state index contributed by atoms with van der Waals surface area (Å²) in [7, 11) is 0. The molecule has 2 N–H and O–H groups in total. The number of hydrogen-bond donors (Lipinski definition) is 2. The van der Waals surface area contributed by atoms with E-state index in [-0.39, 0.29) is 18.9 Å². The molecule has 8 heteroatoms. The van der Waals surface area contributed by atoms with Crippen molar-refractivity contribution < 1.29 is 23.1 Å². The van der Waals surface area contributed by atoms with Crippen LogP contribution in [-0.2, 0) is 4.79 Å². The van der Waals surface area contributed by atoms with Crippen molar-refractivity contribution in [2.75, 3.05) is 11.9 Å². The van der Waals surface area contributed by atoms with Crippen LogP contribution < -0.4 is 5.32 Å². The largest absolute Gasteiger partial charge is 0.481 e. The van der Waals surface area contributed by atoms with Crippen molar-refractivity contribution in [3.05, 3.63) is 64.0 Å². The van der Waals surface area contributed by atoms with Crippen LogP contribution in [0.15, 0.2) is 48.5 Å². The van der Waals surface area contributed by atoms with Gasteiger partial charge in [-0.15, -0.1) is 11.3 Å². The molecule has 1 aromatic heterocycles. The zero-order valence-corrected chi connectivity index (χ0v) is 19.6. The van der Waals surface area contributed by atoms with Crippen LogP contribution >= 0.6 is 22.9 Å². The maximum absolute atomic E-state index is 13.7. The lowest BCUT2D eigenvalue weighted by molar-refractivity contribution is -0.174. The van der Waals surface area contributed by atoms with E-state index >= 15 is 0 Å². The molecule has 4 rings (SSSR count). The molecule has 0 unspecified atom stereocenters. The second-order valence-corrected chi connectivity index (χ2v) is 10.3. The van der Waals surface area contributed by atoms with Gasteiger partial charge in [0.05, 0.1) is 23.0 Å². The topological polar surface area (TPSA) is 49.3 Å². The highest BCUT2D eigenvalue weighted by Gasteiger charge is 2.42. The SMILES string of the molecule is C[C@H]([C@@H](CNc1cc([C@@H](CC(=O)O)C2CC2)ccc1Cl)c1cc2ccccc2s1)C(F)(F)F. The number of halogens is 4. The molecule has 1 fully saturated rings. The quantitative estimate of drug-likeness (QED) is 0.317. The summed E-state index contributed by atoms with van der Waals surface area (Å²) in [6.07, 6.45) is -2.34. The van der Waals surface area contributed by atoms with Gasteiger partial charge in [0.2, 0.25) is 0 Å². The van der Waals surface area contributed by atoms with E-state index in [2.05, 4.69) is 5.32 Å². The lowest BCUT2D eigenvalue weighted by atomic mass is 9.90. The van der Waals surface area contributed by atoms with Gasteiger partial charge < -0.3 is 10.4 Å². The number of nitrogens with one attached hydrogen (secondary N) is 1. The molecule has 0 amide bonds. The summed E-state index contributed by atoms with van der Waals surface area (Å²) < 4.78 is 42.1. The fourth-order valence-electron chi connectivity index (χ4n) is 4.31. The molecule has 176 valence electrons. The molecule has 33 heavy (non-hydrogen) atoms. The van der Waals surface area contributed by atoms with E-state index in [9.17, 15) is 23.1 Å². The molecule has 0 radical (unpaired) electrons. The molecule has 1 heterocycles. The minimum absolute atomic E-state index is 0.0290. The average molecular weight is 496 g/mol. The third-order valence-corrected chi connectivity index (χ3v) is 8.02. The van der Waals surface area contributed by atoms with Crippen LogP contribution in [0.2, 0.25) is 5.02 Å². The second kappa shape index (κ2) is 9.55. The zero-order chi connectivity index (χ0) is 23.8. The van der Waals surface area contributed by atoms with Crippen molar-refractivity contribution in [3.63, 3.8) is 0 Å². The normalized spacial score (nSPS) is 17.0. The molecule has 3 atom stereocenters. The Morgan fingerprint density at radius 3 is 2.58 bits per heavy atom. The monoisotopic (exact) mass is 495 g/mol. The minimum Gasteiger partial charge on any atom is -0.481 e. The highest BCUT2D eigenvalue weighted by atomic mass is 35.5. The molecule has 0 spiro atoms. The van der Waals surface area contributed by atoms with Crippen molar-refractivity contribution in [3.8, 4) is 0 Å². The first kappa shape index (κ1) is 23.9. The van der Waals surface area contributed by atoms with Gasteiger partial charge >= 0.3 is 12.1 Å². The first-order valence-corrected chi connectivity index (χ1v) is 12.1. The number of carboxylic acids is 1. The minimum atomic E-state index is -4.34. The van der Waals surface area contributed by atoms with E-state index < -0.39 is 24.0 Å². The van der Waals surface area contributed by atoms with Gasteiger partial charge in [-0.25, -0.2) is 0 Å². The maximum Gasteiger partial charge on any atom is 0.392 e. The van der Waals surface area contributed by atoms with Crippen LogP contribution in [0.1, 0.15) is 48.5 Å². The third-order valence-electron chi connectivity index (χ3n) is 6.45. The Hall–Kier alpha value is -2.25. The van der Waals surface area contributed by atoms with E-state index in [0.717, 1.165) is 28.5 Å². The van der Waals surface area contributed by atoms with Crippen molar-refractivity contribution >= 4 is 44.7 Å². The highest BCUT2D eigenvalue weighted by Crippen LogP contribution is 2.46. The Morgan fingerprint density at radius 2 is 1.94 bits per heavy atom. The van der Waals surface area contributed by atoms with Crippen LogP contribution in [-0.4, -0.2) is 23.8 Å². The first-order chi connectivity index (χ1) is 15.6. The van der Waals surface area contributed by atoms with E-state index in [1.54, 1.807) is 12.1 Å². The van der Waals surface area contributed by atoms with E-state index in [0.29, 0.717) is 21.5 Å². The van der Waals surface area contributed by atoms with Crippen LogP contribution in [0.25, 0.3) is 10.1 Å². The molecule has 0 bridgehead atoms. The first-order valence-electron chi connectivity index (χ1n) is 10.9. The molecule has 3 aromatic rings. The number of thiophene rings is 1. The van der Waals surface area contributed by atoms with E-state index in [4.69, 9.17) is 11.6 Å². The van der Waals surface area contributed by atoms with Gasteiger partial charge in [0.1, 0.15) is 0 Å². The predicted octanol–water partition coefficient (Wildman–Crippen LogP) is 7.92. The van der Waals surface area contributed by atoms with Crippen LogP contribution in [0, 0.1) is 11.8 Å². The summed E-state index contributed by atoms with van der Waals surface area (Å²) >= 11 is 7.74. The lowest BCUT2D eigenvalue weighted by Gasteiger charge is -2.26. The van der Waals surface area contributed by atoms with Crippen LogP contribution in [0.4, 0.5) is 18.9 Å². The number of alkyl halides is 3. The number of benzene rings is 2. The predicted molar refractivity (Wildman–Crippen MR) is 127 cm³/mol. The van der Waals surface area contributed by atoms with Gasteiger partial charge in [0, 0.05) is 22.0 Å². The molecule has 1 aliphatic carbocycles. The Kier molecular flexibility index (Phi) is 6.91. The number of rotatable bonds is 9. The summed E-state index contributed by atoms with van der Waals surface area (Å²) in [6, 6.07) is 14.7. The molecule has 1 aliphatic rings. The van der Waals surface area contributed by atoms with Crippen molar-refractivity contribution in [1.82, 2.24) is 0 Å². The third kappa shape index (κ3) is 5.64. The van der Waals surface area contributed by atoms with Crippen molar-refractivity contribution in [2.45, 2.75) is 44.2 Å². The fraction of sp³-hybridized carbons (Fsp3) is 0.400. The Morgan fingerprint density at radius 1 is 1.21 bits per heavy atom. The van der Waals surface area contributed by atoms with Crippen LogP contribution in [0.3, 0.4) is 0 Å². The fourth-order valence-corrected chi connectivity index (χ4v) is 5.76. The van der Waals surface area contributed by atoms with Gasteiger partial charge in [0.15, 0.2) is 0 Å². The Labute approximate surface area is 199 Å². The standard InChI is InChI=1S/C25H25ClF3NO2S/c1-14(25(27,28)29)19(23-11-17-4-2-3-5-22(17)33-23)13-30-21-10-16(8-9-20(21)26)18(12-24(31)32)15-6-7-15/h2-5,8-11,14-15,18-19,30H,6-7,12-13H2,1H3,(H,31,32)/t14-,18+,19-/m1/s1. The van der Waals surface area contributed by atoms with Gasteiger partial charge in [-0.05, 0) is 59.9 Å².